The molecule has 0 spiro atoms. The van der Waals surface area contributed by atoms with Crippen LogP contribution < -0.4 is 10.5 Å². The molecule has 0 amide bonds. The molecule has 3 N–H and O–H groups in total. The summed E-state index contributed by atoms with van der Waals surface area (Å²) in [5.74, 6) is 0.543. The predicted octanol–water partition coefficient (Wildman–Crippen LogP) is 2.19. The molecule has 104 valence electrons. The summed E-state index contributed by atoms with van der Waals surface area (Å²) in [6, 6.07) is 11.9. The van der Waals surface area contributed by atoms with Crippen LogP contribution in [0, 0.1) is 0 Å². The molecule has 5 heteroatoms. The van der Waals surface area contributed by atoms with Crippen LogP contribution in [0.3, 0.4) is 0 Å². The van der Waals surface area contributed by atoms with Gasteiger partial charge in [0.15, 0.2) is 5.84 Å². The maximum atomic E-state index is 8.72. The van der Waals surface area contributed by atoms with E-state index in [0.29, 0.717) is 17.9 Å². The van der Waals surface area contributed by atoms with Crippen LogP contribution in [-0.4, -0.2) is 22.6 Å². The predicted molar refractivity (Wildman–Crippen MR) is 77.0 cm³/mol. The van der Waals surface area contributed by atoms with Crippen LogP contribution in [0.5, 0.6) is 5.75 Å². The minimum absolute atomic E-state index is 0.0189. The van der Waals surface area contributed by atoms with Gasteiger partial charge in [0.2, 0.25) is 0 Å². The van der Waals surface area contributed by atoms with Gasteiger partial charge in [-0.25, -0.2) is 0 Å². The molecular weight excluding hydrogens is 254 g/mol. The number of nitrogens with two attached hydrogens (primary N) is 1. The molecule has 20 heavy (non-hydrogen) atoms. The number of hydrogen-bond acceptors (Lipinski definition) is 4. The van der Waals surface area contributed by atoms with E-state index in [0.717, 1.165) is 12.8 Å². The normalized spacial score (nSPS) is 11.3. The molecule has 1 heterocycles. The van der Waals surface area contributed by atoms with E-state index in [1.165, 1.54) is 5.56 Å². The second-order valence-corrected chi connectivity index (χ2v) is 4.29. The summed E-state index contributed by atoms with van der Waals surface area (Å²) in [6.07, 6.45) is 4.97. The van der Waals surface area contributed by atoms with Gasteiger partial charge in [0.05, 0.1) is 18.4 Å². The Morgan fingerprint density at radius 2 is 2.05 bits per heavy atom. The molecule has 2 rings (SSSR count). The molecule has 1 aromatic heterocycles. The summed E-state index contributed by atoms with van der Waals surface area (Å²) in [6.45, 7) is 0.548. The van der Waals surface area contributed by atoms with Crippen LogP contribution in [0.1, 0.15) is 17.5 Å². The molecular formula is C15H17N3O2. The first-order chi connectivity index (χ1) is 9.81. The molecule has 0 aliphatic rings. The second kappa shape index (κ2) is 7.13. The fourth-order valence-electron chi connectivity index (χ4n) is 1.86. The second-order valence-electron chi connectivity index (χ2n) is 4.29. The maximum Gasteiger partial charge on any atom is 0.173 e. The molecule has 0 radical (unpaired) electrons. The van der Waals surface area contributed by atoms with Gasteiger partial charge in [0.1, 0.15) is 5.75 Å². The van der Waals surface area contributed by atoms with Crippen molar-refractivity contribution in [1.29, 1.82) is 0 Å². The molecule has 2 aromatic rings. The number of rotatable bonds is 6. The van der Waals surface area contributed by atoms with Crippen molar-refractivity contribution in [3.63, 3.8) is 0 Å². The largest absolute Gasteiger partial charge is 0.491 e. The van der Waals surface area contributed by atoms with Crippen LogP contribution in [0.15, 0.2) is 53.9 Å². The van der Waals surface area contributed by atoms with Gasteiger partial charge in [-0.3, -0.25) is 4.98 Å². The summed E-state index contributed by atoms with van der Waals surface area (Å²) < 4.78 is 5.65. The highest BCUT2D eigenvalue weighted by molar-refractivity contribution is 5.99. The third kappa shape index (κ3) is 3.71. The Morgan fingerprint density at radius 3 is 2.80 bits per heavy atom. The molecule has 1 aromatic carbocycles. The van der Waals surface area contributed by atoms with Crippen LogP contribution in [0.25, 0.3) is 0 Å². The van der Waals surface area contributed by atoms with E-state index < -0.39 is 0 Å². The van der Waals surface area contributed by atoms with Crippen LogP contribution in [-0.2, 0) is 6.42 Å². The monoisotopic (exact) mass is 271 g/mol. The number of aryl methyl sites for hydroxylation is 1. The molecule has 0 aliphatic heterocycles. The first kappa shape index (κ1) is 13.9. The third-order valence-corrected chi connectivity index (χ3v) is 2.88. The molecule has 0 aliphatic carbocycles. The van der Waals surface area contributed by atoms with Crippen molar-refractivity contribution >= 4 is 5.84 Å². The molecule has 0 saturated heterocycles. The Labute approximate surface area is 117 Å². The van der Waals surface area contributed by atoms with Gasteiger partial charge in [-0.05, 0) is 24.5 Å². The number of nitrogens with zero attached hydrogens (tertiary/aromatic N) is 2. The number of hydrogen-bond donors (Lipinski definition) is 2. The van der Waals surface area contributed by atoms with E-state index in [9.17, 15) is 0 Å². The molecule has 0 saturated carbocycles. The Hall–Kier alpha value is -2.56. The minimum atomic E-state index is 0.0189. The van der Waals surface area contributed by atoms with E-state index in [2.05, 4.69) is 22.3 Å². The SMILES string of the molecule is N/C(=N/O)c1ccncc1OCCCc1ccccc1. The van der Waals surface area contributed by atoms with Gasteiger partial charge in [0, 0.05) is 6.20 Å². The van der Waals surface area contributed by atoms with E-state index >= 15 is 0 Å². The average molecular weight is 271 g/mol. The number of amidine groups is 1. The summed E-state index contributed by atoms with van der Waals surface area (Å²) in [5.41, 5.74) is 7.40. The Bertz CT molecular complexity index is 570. The zero-order valence-electron chi connectivity index (χ0n) is 11.1. The molecule has 0 unspecified atom stereocenters. The zero-order valence-corrected chi connectivity index (χ0v) is 11.1. The minimum Gasteiger partial charge on any atom is -0.491 e. The Balaban J connectivity index is 1.88. The first-order valence-electron chi connectivity index (χ1n) is 6.40. The Kier molecular flexibility index (Phi) is 4.94. The highest BCUT2D eigenvalue weighted by Crippen LogP contribution is 2.16. The first-order valence-corrected chi connectivity index (χ1v) is 6.40. The van der Waals surface area contributed by atoms with Gasteiger partial charge in [0.25, 0.3) is 0 Å². The van der Waals surface area contributed by atoms with Gasteiger partial charge in [-0.15, -0.1) is 0 Å². The summed E-state index contributed by atoms with van der Waals surface area (Å²) >= 11 is 0. The van der Waals surface area contributed by atoms with Gasteiger partial charge in [-0.2, -0.15) is 0 Å². The van der Waals surface area contributed by atoms with Crippen molar-refractivity contribution < 1.29 is 9.94 Å². The van der Waals surface area contributed by atoms with Crippen LogP contribution in [0.4, 0.5) is 0 Å². The number of benzene rings is 1. The molecule has 0 atom stereocenters. The summed E-state index contributed by atoms with van der Waals surface area (Å²) in [4.78, 5) is 3.98. The fraction of sp³-hybridized carbons (Fsp3) is 0.200. The van der Waals surface area contributed by atoms with Crippen molar-refractivity contribution in [1.82, 2.24) is 4.98 Å². The van der Waals surface area contributed by atoms with Crippen LogP contribution >= 0.6 is 0 Å². The summed E-state index contributed by atoms with van der Waals surface area (Å²) in [5, 5.41) is 11.7. The average Bonchev–Trinajstić information content (AvgIpc) is 2.52. The summed E-state index contributed by atoms with van der Waals surface area (Å²) in [7, 11) is 0. The van der Waals surface area contributed by atoms with Crippen molar-refractivity contribution in [2.24, 2.45) is 10.9 Å². The van der Waals surface area contributed by atoms with E-state index in [-0.39, 0.29) is 5.84 Å². The Morgan fingerprint density at radius 1 is 1.25 bits per heavy atom. The highest BCUT2D eigenvalue weighted by Gasteiger charge is 2.07. The zero-order chi connectivity index (χ0) is 14.2. The van der Waals surface area contributed by atoms with Crippen molar-refractivity contribution in [3.05, 3.63) is 59.9 Å². The third-order valence-electron chi connectivity index (χ3n) is 2.88. The molecule has 5 nitrogen and oxygen atoms in total. The van der Waals surface area contributed by atoms with Crippen molar-refractivity contribution in [3.8, 4) is 5.75 Å². The number of aromatic nitrogens is 1. The number of pyridine rings is 1. The van der Waals surface area contributed by atoms with Gasteiger partial charge >= 0.3 is 0 Å². The highest BCUT2D eigenvalue weighted by atomic mass is 16.5. The van der Waals surface area contributed by atoms with Crippen molar-refractivity contribution in [2.45, 2.75) is 12.8 Å². The smallest absolute Gasteiger partial charge is 0.173 e. The lowest BCUT2D eigenvalue weighted by molar-refractivity contribution is 0.306. The van der Waals surface area contributed by atoms with E-state index in [1.807, 2.05) is 18.2 Å². The lowest BCUT2D eigenvalue weighted by Gasteiger charge is -2.09. The molecule has 0 fully saturated rings. The van der Waals surface area contributed by atoms with Crippen LogP contribution in [0.2, 0.25) is 0 Å². The maximum absolute atomic E-state index is 8.72. The quantitative estimate of drug-likeness (QED) is 0.277. The van der Waals surface area contributed by atoms with Gasteiger partial charge in [-0.1, -0.05) is 35.5 Å². The van der Waals surface area contributed by atoms with E-state index in [1.54, 1.807) is 18.5 Å². The van der Waals surface area contributed by atoms with E-state index in [4.69, 9.17) is 15.7 Å². The van der Waals surface area contributed by atoms with Gasteiger partial charge < -0.3 is 15.7 Å². The molecule has 0 bridgehead atoms. The standard InChI is InChI=1S/C15H17N3O2/c16-15(18-19)13-8-9-17-11-14(13)20-10-4-7-12-5-2-1-3-6-12/h1-3,5-6,8-9,11,19H,4,7,10H2,(H2,16,18). The topological polar surface area (TPSA) is 80.7 Å². The number of ether oxygens (including phenoxy) is 1. The lowest BCUT2D eigenvalue weighted by Crippen LogP contribution is -2.15. The number of oxime groups is 1. The van der Waals surface area contributed by atoms with Crippen molar-refractivity contribution in [2.75, 3.05) is 6.61 Å². The fourth-order valence-corrected chi connectivity index (χ4v) is 1.86. The lowest BCUT2D eigenvalue weighted by atomic mass is 10.1.